The monoisotopic (exact) mass is 592 g/mol. The van der Waals surface area contributed by atoms with Gasteiger partial charge in [-0.1, -0.05) is 30.0 Å². The molecule has 0 radical (unpaired) electrons. The van der Waals surface area contributed by atoms with Gasteiger partial charge >= 0.3 is 6.61 Å². The zero-order valence-electron chi connectivity index (χ0n) is 22.7. The average molecular weight is 593 g/mol. The molecule has 1 fully saturated rings. The molecule has 0 saturated carbocycles. The number of carbonyl (C=O) groups excluding carboxylic acids is 2. The fourth-order valence-electron chi connectivity index (χ4n) is 5.61. The zero-order valence-corrected chi connectivity index (χ0v) is 23.5. The summed E-state index contributed by atoms with van der Waals surface area (Å²) in [6.07, 6.45) is 1.51. The molecule has 2 amide bonds. The van der Waals surface area contributed by atoms with Crippen LogP contribution >= 0.6 is 11.8 Å². The number of amidine groups is 1. The first-order valence-corrected chi connectivity index (χ1v) is 14.6. The van der Waals surface area contributed by atoms with Gasteiger partial charge in [0.2, 0.25) is 5.91 Å². The Balaban J connectivity index is 1.08. The van der Waals surface area contributed by atoms with E-state index in [1.807, 2.05) is 30.3 Å². The highest BCUT2D eigenvalue weighted by atomic mass is 32.2. The van der Waals surface area contributed by atoms with Crippen molar-refractivity contribution in [2.24, 2.45) is 0 Å². The van der Waals surface area contributed by atoms with Crippen LogP contribution in [0.1, 0.15) is 44.7 Å². The van der Waals surface area contributed by atoms with Crippen molar-refractivity contribution in [1.82, 2.24) is 25.8 Å². The molecular weight excluding hydrogens is 562 g/mol. The van der Waals surface area contributed by atoms with Crippen molar-refractivity contribution in [3.63, 3.8) is 0 Å². The fraction of sp³-hybridized carbons (Fsp3) is 0.333. The van der Waals surface area contributed by atoms with Crippen LogP contribution in [0.3, 0.4) is 0 Å². The van der Waals surface area contributed by atoms with E-state index in [4.69, 9.17) is 10.1 Å². The largest absolute Gasteiger partial charge is 0.350 e. The van der Waals surface area contributed by atoms with Crippen LogP contribution < -0.4 is 16.0 Å². The van der Waals surface area contributed by atoms with Gasteiger partial charge in [0.05, 0.1) is 18.3 Å². The number of pyridine rings is 1. The van der Waals surface area contributed by atoms with Crippen LogP contribution in [0.4, 0.5) is 8.78 Å². The lowest BCUT2D eigenvalue weighted by molar-refractivity contribution is -0.158. The number of amides is 2. The molecule has 1 aromatic heterocycles. The average Bonchev–Trinajstić information content (AvgIpc) is 3.63. The third-order valence-electron chi connectivity index (χ3n) is 7.71. The lowest BCUT2D eigenvalue weighted by Crippen LogP contribution is -2.48. The SMILES string of the molecule is N=C(CNC(=O)c1ccc2c(c1)Cc1ccccc1S2)N1C[C@H](OC(F)F)CC1C(=O)NCc1cnc2c(c1)CNC2. The molecule has 4 heterocycles. The maximum Gasteiger partial charge on any atom is 0.345 e. The molecule has 4 N–H and O–H groups in total. The van der Waals surface area contributed by atoms with E-state index in [1.54, 1.807) is 24.0 Å². The first-order valence-electron chi connectivity index (χ1n) is 13.7. The molecule has 1 unspecified atom stereocenters. The Morgan fingerprint density at radius 1 is 1.10 bits per heavy atom. The lowest BCUT2D eigenvalue weighted by Gasteiger charge is -2.26. The van der Waals surface area contributed by atoms with Crippen LogP contribution in [0, 0.1) is 5.41 Å². The summed E-state index contributed by atoms with van der Waals surface area (Å²) in [4.78, 5) is 34.3. The van der Waals surface area contributed by atoms with Gasteiger partial charge in [-0.15, -0.1) is 0 Å². The Kier molecular flexibility index (Phi) is 8.18. The standard InChI is InChI=1S/C30H30F2N6O3S/c31-30(32)41-22-10-24(29(40)36-12-17-7-21-13-34-14-23(21)35-11-17)38(16-22)27(33)15-37-28(39)19-5-6-26-20(9-19)8-18-3-1-2-4-25(18)42-26/h1-7,9,11,22,24,30,33-34H,8,10,12-16H2,(H,36,40)(H,37,39)/t22-,24?/m1/s1. The molecule has 1 saturated heterocycles. The summed E-state index contributed by atoms with van der Waals surface area (Å²) in [5.74, 6) is -0.820. The van der Waals surface area contributed by atoms with E-state index in [-0.39, 0.29) is 37.8 Å². The molecule has 42 heavy (non-hydrogen) atoms. The van der Waals surface area contributed by atoms with Crippen LogP contribution in [0.5, 0.6) is 0 Å². The van der Waals surface area contributed by atoms with Gasteiger partial charge in [0.1, 0.15) is 11.9 Å². The number of benzene rings is 2. The zero-order chi connectivity index (χ0) is 29.2. The van der Waals surface area contributed by atoms with Crippen molar-refractivity contribution in [2.75, 3.05) is 13.1 Å². The molecule has 0 spiro atoms. The molecule has 2 atom stereocenters. The fourth-order valence-corrected chi connectivity index (χ4v) is 6.66. The maximum atomic E-state index is 13.2. The highest BCUT2D eigenvalue weighted by Crippen LogP contribution is 2.39. The van der Waals surface area contributed by atoms with E-state index in [0.717, 1.165) is 33.7 Å². The van der Waals surface area contributed by atoms with Gasteiger partial charge < -0.3 is 25.6 Å². The molecule has 0 aliphatic carbocycles. The molecule has 218 valence electrons. The number of rotatable bonds is 8. The first-order chi connectivity index (χ1) is 20.3. The minimum absolute atomic E-state index is 0.00280. The summed E-state index contributed by atoms with van der Waals surface area (Å²) in [7, 11) is 0. The summed E-state index contributed by atoms with van der Waals surface area (Å²) in [6.45, 7) is -1.57. The van der Waals surface area contributed by atoms with Crippen LogP contribution in [0.25, 0.3) is 0 Å². The number of ether oxygens (including phenoxy) is 1. The predicted octanol–water partition coefficient (Wildman–Crippen LogP) is 3.45. The number of nitrogens with one attached hydrogen (secondary N) is 4. The molecule has 0 bridgehead atoms. The van der Waals surface area contributed by atoms with E-state index in [9.17, 15) is 18.4 Å². The number of nitrogens with zero attached hydrogens (tertiary/aromatic N) is 2. The normalized spacial score (nSPS) is 18.8. The van der Waals surface area contributed by atoms with Gasteiger partial charge in [-0.3, -0.25) is 20.0 Å². The number of hydrogen-bond donors (Lipinski definition) is 4. The number of fused-ring (bicyclic) bond motifs is 3. The Morgan fingerprint density at radius 2 is 1.93 bits per heavy atom. The highest BCUT2D eigenvalue weighted by molar-refractivity contribution is 7.99. The van der Waals surface area contributed by atoms with Crippen molar-refractivity contribution in [1.29, 1.82) is 5.41 Å². The summed E-state index contributed by atoms with van der Waals surface area (Å²) >= 11 is 1.67. The summed E-state index contributed by atoms with van der Waals surface area (Å²) in [5, 5.41) is 17.4. The van der Waals surface area contributed by atoms with Crippen molar-refractivity contribution >= 4 is 29.4 Å². The molecule has 12 heteroatoms. The topological polar surface area (TPSA) is 119 Å². The predicted molar refractivity (Wildman–Crippen MR) is 152 cm³/mol. The molecular formula is C30H30F2N6O3S. The van der Waals surface area contributed by atoms with Gasteiger partial charge in [0.25, 0.3) is 5.91 Å². The first kappa shape index (κ1) is 28.3. The van der Waals surface area contributed by atoms with Crippen LogP contribution in [0.2, 0.25) is 0 Å². The highest BCUT2D eigenvalue weighted by Gasteiger charge is 2.39. The summed E-state index contributed by atoms with van der Waals surface area (Å²) in [6, 6.07) is 14.8. The second kappa shape index (κ2) is 12.2. The van der Waals surface area contributed by atoms with E-state index < -0.39 is 24.7 Å². The van der Waals surface area contributed by atoms with Crippen molar-refractivity contribution in [2.45, 2.75) is 61.0 Å². The Morgan fingerprint density at radius 3 is 2.79 bits per heavy atom. The van der Waals surface area contributed by atoms with Gasteiger partial charge in [-0.05, 0) is 59.0 Å². The van der Waals surface area contributed by atoms with Gasteiger partial charge in [0, 0.05) is 54.2 Å². The van der Waals surface area contributed by atoms with Crippen molar-refractivity contribution in [3.8, 4) is 0 Å². The van der Waals surface area contributed by atoms with E-state index in [1.165, 1.54) is 15.4 Å². The van der Waals surface area contributed by atoms with Gasteiger partial charge in [-0.2, -0.15) is 8.78 Å². The minimum Gasteiger partial charge on any atom is -0.350 e. The lowest BCUT2D eigenvalue weighted by atomic mass is 10.0. The number of likely N-dealkylation sites (tertiary alicyclic amines) is 1. The van der Waals surface area contributed by atoms with Crippen LogP contribution in [-0.2, 0) is 35.6 Å². The molecule has 3 aliphatic heterocycles. The number of alkyl halides is 2. The molecule has 3 aliphatic rings. The number of carbonyl (C=O) groups is 2. The molecule has 9 nitrogen and oxygen atoms in total. The molecule has 3 aromatic rings. The smallest absolute Gasteiger partial charge is 0.345 e. The third-order valence-corrected chi connectivity index (χ3v) is 8.95. The second-order valence-corrected chi connectivity index (χ2v) is 11.6. The molecule has 6 rings (SSSR count). The molecule has 2 aromatic carbocycles. The summed E-state index contributed by atoms with van der Waals surface area (Å²) < 4.78 is 30.7. The number of aromatic nitrogens is 1. The van der Waals surface area contributed by atoms with E-state index in [2.05, 4.69) is 33.1 Å². The van der Waals surface area contributed by atoms with E-state index >= 15 is 0 Å². The van der Waals surface area contributed by atoms with Crippen molar-refractivity contribution < 1.29 is 23.1 Å². The third kappa shape index (κ3) is 6.15. The minimum atomic E-state index is -2.99. The summed E-state index contributed by atoms with van der Waals surface area (Å²) in [5.41, 5.74) is 5.61. The Bertz CT molecular complexity index is 1540. The van der Waals surface area contributed by atoms with Gasteiger partial charge in [-0.25, -0.2) is 0 Å². The van der Waals surface area contributed by atoms with Crippen LogP contribution in [0.15, 0.2) is 64.5 Å². The Hall–Kier alpha value is -3.87. The van der Waals surface area contributed by atoms with Gasteiger partial charge in [0.15, 0.2) is 0 Å². The number of halogens is 2. The van der Waals surface area contributed by atoms with Crippen LogP contribution in [-0.4, -0.2) is 59.4 Å². The Labute approximate surface area is 245 Å². The van der Waals surface area contributed by atoms with Crippen molar-refractivity contribution in [3.05, 3.63) is 88.2 Å². The quantitative estimate of drug-likeness (QED) is 0.183. The van der Waals surface area contributed by atoms with E-state index in [0.29, 0.717) is 18.7 Å². The second-order valence-electron chi connectivity index (χ2n) is 10.5. The maximum absolute atomic E-state index is 13.2. The number of hydrogen-bond acceptors (Lipinski definition) is 7.